The van der Waals surface area contributed by atoms with Gasteiger partial charge < -0.3 is 17.0 Å². The number of hydrogen-bond acceptors (Lipinski definition) is 0. The van der Waals surface area contributed by atoms with Gasteiger partial charge in [0, 0.05) is 12.5 Å². The molecule has 0 N–H and O–H groups in total. The van der Waals surface area contributed by atoms with Crippen molar-refractivity contribution < 1.29 is 25.9 Å². The van der Waals surface area contributed by atoms with Crippen LogP contribution in [-0.4, -0.2) is 4.57 Å². The molecule has 0 amide bonds. The molecule has 2 aromatic rings. The third-order valence-electron chi connectivity index (χ3n) is 3.02. The summed E-state index contributed by atoms with van der Waals surface area (Å²) >= 11 is 0. The van der Waals surface area contributed by atoms with Crippen LogP contribution in [0.15, 0.2) is 36.7 Å². The summed E-state index contributed by atoms with van der Waals surface area (Å²) in [5.74, 6) is 1.03. The van der Waals surface area contributed by atoms with E-state index in [1.165, 1.54) is 6.07 Å². The molecular weight excluding hydrogens is 295 g/mol. The number of rotatable bonds is 4. The summed E-state index contributed by atoms with van der Waals surface area (Å²) in [4.78, 5) is 0. The van der Waals surface area contributed by atoms with Crippen molar-refractivity contribution in [1.82, 2.24) is 4.57 Å². The summed E-state index contributed by atoms with van der Waals surface area (Å²) < 4.78 is 17.8. The highest BCUT2D eigenvalue weighted by Gasteiger charge is 2.13. The largest absolute Gasteiger partial charge is 1.00 e. The molecule has 4 heteroatoms. The molecule has 0 aliphatic heterocycles. The molecule has 0 radical (unpaired) electrons. The Morgan fingerprint density at radius 1 is 1.28 bits per heavy atom. The topological polar surface area (TPSA) is 8.81 Å². The number of aromatic nitrogens is 2. The van der Waals surface area contributed by atoms with E-state index >= 15 is 0 Å². The highest BCUT2D eigenvalue weighted by molar-refractivity contribution is 5.16. The lowest BCUT2D eigenvalue weighted by molar-refractivity contribution is -0.694. The summed E-state index contributed by atoms with van der Waals surface area (Å²) in [6.45, 7) is 5.82. The highest BCUT2D eigenvalue weighted by Crippen LogP contribution is 2.06. The van der Waals surface area contributed by atoms with Gasteiger partial charge in [-0.05, 0) is 12.5 Å². The Bertz CT molecular complexity index is 508. The monoisotopic (exact) mass is 312 g/mol. The fraction of sp³-hybridized carbons (Fsp3) is 0.357. The van der Waals surface area contributed by atoms with Gasteiger partial charge in [0.2, 0.25) is 0 Å². The van der Waals surface area contributed by atoms with Crippen LogP contribution in [0.1, 0.15) is 24.7 Å². The van der Waals surface area contributed by atoms with Gasteiger partial charge >= 0.3 is 0 Å². The molecule has 0 atom stereocenters. The van der Waals surface area contributed by atoms with Crippen molar-refractivity contribution in [3.63, 3.8) is 0 Å². The van der Waals surface area contributed by atoms with E-state index in [2.05, 4.69) is 29.2 Å². The van der Waals surface area contributed by atoms with E-state index in [4.69, 9.17) is 0 Å². The Balaban J connectivity index is 0.00000162. The molecule has 0 aliphatic rings. The van der Waals surface area contributed by atoms with E-state index in [-0.39, 0.29) is 22.8 Å². The molecule has 0 aliphatic carbocycles. The van der Waals surface area contributed by atoms with Gasteiger partial charge in [0.05, 0.1) is 6.54 Å². The van der Waals surface area contributed by atoms with Gasteiger partial charge in [-0.15, -0.1) is 0 Å². The van der Waals surface area contributed by atoms with Gasteiger partial charge in [-0.2, -0.15) is 0 Å². The van der Waals surface area contributed by atoms with E-state index in [0.29, 0.717) is 6.54 Å². The van der Waals surface area contributed by atoms with E-state index in [1.54, 1.807) is 6.07 Å². The van der Waals surface area contributed by atoms with Crippen LogP contribution >= 0.6 is 0 Å². The second kappa shape index (κ2) is 6.69. The lowest BCUT2D eigenvalue weighted by Crippen LogP contribution is -3.00. The number of benzene rings is 1. The van der Waals surface area contributed by atoms with Crippen molar-refractivity contribution in [2.75, 3.05) is 0 Å². The lowest BCUT2D eigenvalue weighted by Gasteiger charge is -2.02. The van der Waals surface area contributed by atoms with Crippen molar-refractivity contribution >= 4 is 0 Å². The molecule has 1 aromatic heterocycles. The van der Waals surface area contributed by atoms with E-state index in [9.17, 15) is 4.39 Å². The second-order valence-electron chi connectivity index (χ2n) is 4.26. The molecule has 2 rings (SSSR count). The predicted octanol–water partition coefficient (Wildman–Crippen LogP) is -0.315. The Morgan fingerprint density at radius 2 is 2.00 bits per heavy atom. The standard InChI is InChI=1S/C14H18FN2.BrH/c1-3-8-16-9-10-17(12(16)2)11-13-6-4-5-7-14(13)15;/h4-7,9-10H,3,8,11H2,1-2H3;1H/q+1;/p-1. The number of halogens is 2. The minimum absolute atomic E-state index is 0. The van der Waals surface area contributed by atoms with Gasteiger partial charge in [0.1, 0.15) is 24.8 Å². The third kappa shape index (κ3) is 3.19. The molecule has 0 bridgehead atoms. The van der Waals surface area contributed by atoms with Crippen molar-refractivity contribution in [3.05, 3.63) is 53.9 Å². The molecule has 18 heavy (non-hydrogen) atoms. The van der Waals surface area contributed by atoms with Crippen LogP contribution in [0.2, 0.25) is 0 Å². The van der Waals surface area contributed by atoms with E-state index in [0.717, 1.165) is 24.4 Å². The Labute approximate surface area is 118 Å². The van der Waals surface area contributed by atoms with E-state index < -0.39 is 0 Å². The number of imidazole rings is 1. The minimum atomic E-state index is -0.136. The van der Waals surface area contributed by atoms with Crippen molar-refractivity contribution in [2.24, 2.45) is 0 Å². The van der Waals surface area contributed by atoms with E-state index in [1.807, 2.05) is 18.3 Å². The molecule has 1 heterocycles. The predicted molar refractivity (Wildman–Crippen MR) is 65.2 cm³/mol. The average molecular weight is 313 g/mol. The maximum absolute atomic E-state index is 13.5. The molecular formula is C14H18BrFN2. The van der Waals surface area contributed by atoms with Gasteiger partial charge in [0.15, 0.2) is 0 Å². The van der Waals surface area contributed by atoms with Gasteiger partial charge in [-0.3, -0.25) is 0 Å². The van der Waals surface area contributed by atoms with Crippen LogP contribution in [0.25, 0.3) is 0 Å². The van der Waals surface area contributed by atoms with Gasteiger partial charge in [0.25, 0.3) is 5.82 Å². The van der Waals surface area contributed by atoms with Crippen LogP contribution in [0, 0.1) is 12.7 Å². The summed E-state index contributed by atoms with van der Waals surface area (Å²) in [5, 5.41) is 0. The second-order valence-corrected chi connectivity index (χ2v) is 4.26. The highest BCUT2D eigenvalue weighted by atomic mass is 79.9. The van der Waals surface area contributed by atoms with Crippen LogP contribution < -0.4 is 21.5 Å². The Kier molecular flexibility index (Phi) is 5.54. The fourth-order valence-electron chi connectivity index (χ4n) is 2.00. The number of hydrogen-bond donors (Lipinski definition) is 0. The Hall–Kier alpha value is -1.16. The first-order valence-corrected chi connectivity index (χ1v) is 6.01. The zero-order chi connectivity index (χ0) is 12.3. The molecule has 0 saturated carbocycles. The number of nitrogens with zero attached hydrogens (tertiary/aromatic N) is 2. The smallest absolute Gasteiger partial charge is 0.253 e. The molecule has 0 spiro atoms. The number of aryl methyl sites for hydroxylation is 1. The Morgan fingerprint density at radius 3 is 2.67 bits per heavy atom. The molecule has 98 valence electrons. The summed E-state index contributed by atoms with van der Waals surface area (Å²) in [7, 11) is 0. The molecule has 0 unspecified atom stereocenters. The first-order valence-electron chi connectivity index (χ1n) is 6.01. The third-order valence-corrected chi connectivity index (χ3v) is 3.02. The zero-order valence-electron chi connectivity index (χ0n) is 10.7. The normalized spacial score (nSPS) is 10.2. The maximum Gasteiger partial charge on any atom is 0.253 e. The van der Waals surface area contributed by atoms with Gasteiger partial charge in [-0.25, -0.2) is 13.5 Å². The SMILES string of the molecule is CCCn1cc[n+](Cc2ccccc2F)c1C.[Br-]. The zero-order valence-corrected chi connectivity index (χ0v) is 12.3. The van der Waals surface area contributed by atoms with Crippen LogP contribution in [0.3, 0.4) is 0 Å². The first kappa shape index (κ1) is 14.9. The van der Waals surface area contributed by atoms with Crippen molar-refractivity contribution in [1.29, 1.82) is 0 Å². The van der Waals surface area contributed by atoms with Gasteiger partial charge in [-0.1, -0.05) is 25.1 Å². The molecule has 2 nitrogen and oxygen atoms in total. The fourth-order valence-corrected chi connectivity index (χ4v) is 2.00. The lowest BCUT2D eigenvalue weighted by atomic mass is 10.2. The van der Waals surface area contributed by atoms with Crippen LogP contribution in [-0.2, 0) is 13.1 Å². The maximum atomic E-state index is 13.5. The molecule has 0 fully saturated rings. The van der Waals surface area contributed by atoms with Crippen molar-refractivity contribution in [3.8, 4) is 0 Å². The minimum Gasteiger partial charge on any atom is -1.00 e. The molecule has 1 aromatic carbocycles. The van der Waals surface area contributed by atoms with Crippen LogP contribution in [0.4, 0.5) is 4.39 Å². The average Bonchev–Trinajstić information content (AvgIpc) is 2.65. The first-order chi connectivity index (χ1) is 8.22. The van der Waals surface area contributed by atoms with Crippen molar-refractivity contribution in [2.45, 2.75) is 33.4 Å². The summed E-state index contributed by atoms with van der Waals surface area (Å²) in [6, 6.07) is 6.93. The quantitative estimate of drug-likeness (QED) is 0.685. The summed E-state index contributed by atoms with van der Waals surface area (Å²) in [5.41, 5.74) is 0.731. The summed E-state index contributed by atoms with van der Waals surface area (Å²) in [6.07, 6.45) is 5.17. The molecule has 0 saturated heterocycles. The van der Waals surface area contributed by atoms with Crippen LogP contribution in [0.5, 0.6) is 0 Å².